The van der Waals surface area contributed by atoms with Crippen molar-refractivity contribution in [3.63, 3.8) is 0 Å². The average molecular weight is 194 g/mol. The number of aliphatic hydroxyl groups excluding tert-OH is 1. The van der Waals surface area contributed by atoms with Gasteiger partial charge in [-0.2, -0.15) is 0 Å². The van der Waals surface area contributed by atoms with Crippen LogP contribution >= 0.6 is 0 Å². The molecule has 0 saturated carbocycles. The molecular weight excluding hydrogens is 176 g/mol. The molecule has 1 unspecified atom stereocenters. The Morgan fingerprint density at radius 1 is 1.29 bits per heavy atom. The van der Waals surface area contributed by atoms with E-state index in [1.54, 1.807) is 13.8 Å². The van der Waals surface area contributed by atoms with Crippen molar-refractivity contribution in [2.45, 2.75) is 38.9 Å². The Kier molecular flexibility index (Phi) is 3.29. The molecule has 0 radical (unpaired) electrons. The second-order valence-electron chi connectivity index (χ2n) is 4.30. The lowest BCUT2D eigenvalue weighted by Gasteiger charge is -2.25. The number of hydrogen-bond acceptors (Lipinski definition) is 2. The highest BCUT2D eigenvalue weighted by atomic mass is 16.3. The Hall–Kier alpha value is -0.860. The van der Waals surface area contributed by atoms with Gasteiger partial charge in [0, 0.05) is 6.42 Å². The predicted octanol–water partition coefficient (Wildman–Crippen LogP) is 1.67. The van der Waals surface area contributed by atoms with Crippen LogP contribution in [0.25, 0.3) is 0 Å². The minimum atomic E-state index is -1.04. The minimum Gasteiger partial charge on any atom is -0.390 e. The molecule has 0 bridgehead atoms. The van der Waals surface area contributed by atoms with Gasteiger partial charge in [-0.15, -0.1) is 0 Å². The maximum atomic E-state index is 9.71. The van der Waals surface area contributed by atoms with Crippen LogP contribution in [0.2, 0.25) is 0 Å². The summed E-state index contributed by atoms with van der Waals surface area (Å²) in [6.07, 6.45) is -0.223. The van der Waals surface area contributed by atoms with Gasteiger partial charge in [-0.3, -0.25) is 0 Å². The first kappa shape index (κ1) is 11.2. The van der Waals surface area contributed by atoms with E-state index in [0.717, 1.165) is 11.1 Å². The van der Waals surface area contributed by atoms with E-state index < -0.39 is 11.7 Å². The Labute approximate surface area is 85.2 Å². The largest absolute Gasteiger partial charge is 0.390 e. The third-order valence-corrected chi connectivity index (χ3v) is 2.49. The van der Waals surface area contributed by atoms with Gasteiger partial charge in [0.15, 0.2) is 0 Å². The summed E-state index contributed by atoms with van der Waals surface area (Å²) in [5.74, 6) is 0. The minimum absolute atomic E-state index is 0.496. The second-order valence-corrected chi connectivity index (χ2v) is 4.30. The fourth-order valence-corrected chi connectivity index (χ4v) is 1.30. The van der Waals surface area contributed by atoms with Crippen LogP contribution in [0.1, 0.15) is 25.0 Å². The maximum absolute atomic E-state index is 9.71. The fraction of sp³-hybridized carbons (Fsp3) is 0.500. The summed E-state index contributed by atoms with van der Waals surface area (Å²) in [5.41, 5.74) is 1.19. The summed E-state index contributed by atoms with van der Waals surface area (Å²) in [6, 6.07) is 7.89. The molecule has 2 nitrogen and oxygen atoms in total. The zero-order chi connectivity index (χ0) is 10.8. The molecule has 0 spiro atoms. The van der Waals surface area contributed by atoms with Crippen molar-refractivity contribution in [3.8, 4) is 0 Å². The van der Waals surface area contributed by atoms with Gasteiger partial charge in [0.2, 0.25) is 0 Å². The van der Waals surface area contributed by atoms with Gasteiger partial charge in [-0.1, -0.05) is 24.3 Å². The zero-order valence-corrected chi connectivity index (χ0v) is 8.99. The molecule has 1 atom stereocenters. The molecule has 2 heteroatoms. The van der Waals surface area contributed by atoms with E-state index in [9.17, 15) is 10.2 Å². The monoisotopic (exact) mass is 194 g/mol. The second kappa shape index (κ2) is 4.11. The molecule has 78 valence electrons. The van der Waals surface area contributed by atoms with E-state index in [-0.39, 0.29) is 0 Å². The van der Waals surface area contributed by atoms with Gasteiger partial charge in [-0.05, 0) is 31.9 Å². The van der Waals surface area contributed by atoms with Crippen molar-refractivity contribution in [2.75, 3.05) is 0 Å². The molecule has 0 amide bonds. The summed E-state index contributed by atoms with van der Waals surface area (Å²) in [4.78, 5) is 0. The van der Waals surface area contributed by atoms with Crippen molar-refractivity contribution >= 4 is 0 Å². The van der Waals surface area contributed by atoms with E-state index in [0.29, 0.717) is 6.42 Å². The molecule has 0 aliphatic rings. The van der Waals surface area contributed by atoms with E-state index >= 15 is 0 Å². The fourth-order valence-electron chi connectivity index (χ4n) is 1.30. The lowest BCUT2D eigenvalue weighted by atomic mass is 9.93. The van der Waals surface area contributed by atoms with E-state index in [1.165, 1.54) is 0 Å². The van der Waals surface area contributed by atoms with Crippen molar-refractivity contribution in [1.82, 2.24) is 0 Å². The molecule has 1 aromatic carbocycles. The molecular formula is C12H18O2. The van der Waals surface area contributed by atoms with E-state index in [4.69, 9.17) is 0 Å². The highest BCUT2D eigenvalue weighted by Crippen LogP contribution is 2.16. The molecule has 0 aliphatic heterocycles. The van der Waals surface area contributed by atoms with Crippen LogP contribution in [0.3, 0.4) is 0 Å². The normalized spacial score (nSPS) is 14.1. The zero-order valence-electron chi connectivity index (χ0n) is 8.99. The Morgan fingerprint density at radius 3 is 2.36 bits per heavy atom. The summed E-state index contributed by atoms with van der Waals surface area (Å²) in [6.45, 7) is 5.25. The number of hydrogen-bond donors (Lipinski definition) is 2. The number of benzene rings is 1. The van der Waals surface area contributed by atoms with Crippen LogP contribution in [0.4, 0.5) is 0 Å². The van der Waals surface area contributed by atoms with Crippen LogP contribution in [0, 0.1) is 6.92 Å². The van der Waals surface area contributed by atoms with Crippen LogP contribution in [0.15, 0.2) is 24.3 Å². The predicted molar refractivity (Wildman–Crippen MR) is 57.2 cm³/mol. The van der Waals surface area contributed by atoms with Crippen molar-refractivity contribution < 1.29 is 10.2 Å². The van der Waals surface area contributed by atoms with Crippen molar-refractivity contribution in [2.24, 2.45) is 0 Å². The van der Waals surface area contributed by atoms with E-state index in [1.807, 2.05) is 31.2 Å². The Balaban J connectivity index is 2.75. The molecule has 0 fully saturated rings. The SMILES string of the molecule is Cc1ccccc1CC(O)C(C)(C)O. The summed E-state index contributed by atoms with van der Waals surface area (Å²) in [5, 5.41) is 19.3. The first-order valence-corrected chi connectivity index (χ1v) is 4.86. The Morgan fingerprint density at radius 2 is 1.86 bits per heavy atom. The first-order chi connectivity index (χ1) is 6.41. The number of aliphatic hydroxyl groups is 2. The lowest BCUT2D eigenvalue weighted by Crippen LogP contribution is -2.37. The highest BCUT2D eigenvalue weighted by Gasteiger charge is 2.24. The summed E-state index contributed by atoms with van der Waals surface area (Å²) >= 11 is 0. The standard InChI is InChI=1S/C12H18O2/c1-9-6-4-5-7-10(9)8-11(13)12(2,3)14/h4-7,11,13-14H,8H2,1-3H3. The molecule has 2 N–H and O–H groups in total. The van der Waals surface area contributed by atoms with Gasteiger partial charge in [0.1, 0.15) is 0 Å². The van der Waals surface area contributed by atoms with Crippen molar-refractivity contribution in [1.29, 1.82) is 0 Å². The molecule has 0 heterocycles. The average Bonchev–Trinajstić information content (AvgIpc) is 2.07. The van der Waals surface area contributed by atoms with Crippen LogP contribution in [-0.4, -0.2) is 21.9 Å². The first-order valence-electron chi connectivity index (χ1n) is 4.86. The van der Waals surface area contributed by atoms with Gasteiger partial charge in [0.25, 0.3) is 0 Å². The van der Waals surface area contributed by atoms with Crippen LogP contribution in [0.5, 0.6) is 0 Å². The molecule has 0 saturated heterocycles. The number of rotatable bonds is 3. The molecule has 1 rings (SSSR count). The topological polar surface area (TPSA) is 40.5 Å². The molecule has 14 heavy (non-hydrogen) atoms. The van der Waals surface area contributed by atoms with Gasteiger partial charge in [-0.25, -0.2) is 0 Å². The maximum Gasteiger partial charge on any atom is 0.0861 e. The molecule has 0 aromatic heterocycles. The summed E-state index contributed by atoms with van der Waals surface area (Å²) in [7, 11) is 0. The van der Waals surface area contributed by atoms with E-state index in [2.05, 4.69) is 0 Å². The van der Waals surface area contributed by atoms with Gasteiger partial charge in [0.05, 0.1) is 11.7 Å². The number of aryl methyl sites for hydroxylation is 1. The quantitative estimate of drug-likeness (QED) is 0.768. The Bertz CT molecular complexity index is 299. The third-order valence-electron chi connectivity index (χ3n) is 2.49. The molecule has 0 aliphatic carbocycles. The summed E-state index contributed by atoms with van der Waals surface area (Å²) < 4.78 is 0. The highest BCUT2D eigenvalue weighted by molar-refractivity contribution is 5.26. The smallest absolute Gasteiger partial charge is 0.0861 e. The molecule has 1 aromatic rings. The third kappa shape index (κ3) is 2.82. The van der Waals surface area contributed by atoms with Crippen molar-refractivity contribution in [3.05, 3.63) is 35.4 Å². The van der Waals surface area contributed by atoms with Gasteiger partial charge < -0.3 is 10.2 Å². The van der Waals surface area contributed by atoms with Crippen LogP contribution in [-0.2, 0) is 6.42 Å². The van der Waals surface area contributed by atoms with Gasteiger partial charge >= 0.3 is 0 Å². The van der Waals surface area contributed by atoms with Crippen LogP contribution < -0.4 is 0 Å². The lowest BCUT2D eigenvalue weighted by molar-refractivity contribution is -0.0470.